The molecular formula is C12H28N2O3. The van der Waals surface area contributed by atoms with E-state index in [9.17, 15) is 10.2 Å². The fraction of sp³-hybridized carbons (Fsp3) is 1.00. The van der Waals surface area contributed by atoms with Crippen LogP contribution < -0.4 is 10.6 Å². The van der Waals surface area contributed by atoms with Gasteiger partial charge in [0.2, 0.25) is 0 Å². The summed E-state index contributed by atoms with van der Waals surface area (Å²) in [5.41, 5.74) is 0. The molecule has 0 radical (unpaired) electrons. The maximum atomic E-state index is 9.61. The van der Waals surface area contributed by atoms with Crippen molar-refractivity contribution in [3.63, 3.8) is 0 Å². The molecule has 0 amide bonds. The zero-order chi connectivity index (χ0) is 12.9. The van der Waals surface area contributed by atoms with E-state index in [-0.39, 0.29) is 12.2 Å². The van der Waals surface area contributed by atoms with Gasteiger partial charge in [0, 0.05) is 13.7 Å². The number of aliphatic hydroxyl groups is 2. The number of ether oxygens (including phenoxy) is 1. The maximum Gasteiger partial charge on any atom is 0.0774 e. The standard InChI is InChI=1S/C12H28N2O3/c1-13-7-3-5-11(15)9-14-8-4-6-12(16)10-17-2/h11-16H,3-10H2,1-2H3. The van der Waals surface area contributed by atoms with Crippen LogP contribution in [0, 0.1) is 0 Å². The molecule has 0 heterocycles. The molecule has 0 fully saturated rings. The lowest BCUT2D eigenvalue weighted by atomic mass is 10.2. The van der Waals surface area contributed by atoms with E-state index in [0.717, 1.165) is 38.8 Å². The Morgan fingerprint density at radius 1 is 1.06 bits per heavy atom. The first-order valence-electron chi connectivity index (χ1n) is 6.41. The number of rotatable bonds is 12. The van der Waals surface area contributed by atoms with E-state index in [2.05, 4.69) is 10.6 Å². The van der Waals surface area contributed by atoms with Crippen LogP contribution in [0.4, 0.5) is 0 Å². The Hall–Kier alpha value is -0.200. The van der Waals surface area contributed by atoms with Crippen molar-refractivity contribution in [3.05, 3.63) is 0 Å². The van der Waals surface area contributed by atoms with Gasteiger partial charge in [-0.3, -0.25) is 0 Å². The van der Waals surface area contributed by atoms with Gasteiger partial charge in [-0.15, -0.1) is 0 Å². The Kier molecular flexibility index (Phi) is 12.1. The molecule has 0 aromatic heterocycles. The summed E-state index contributed by atoms with van der Waals surface area (Å²) < 4.78 is 4.84. The molecule has 0 rings (SSSR count). The molecule has 104 valence electrons. The topological polar surface area (TPSA) is 73.8 Å². The molecule has 0 spiro atoms. The summed E-state index contributed by atoms with van der Waals surface area (Å²) in [5, 5.41) is 25.2. The van der Waals surface area contributed by atoms with Crippen molar-refractivity contribution in [2.75, 3.05) is 40.4 Å². The number of hydrogen-bond donors (Lipinski definition) is 4. The first kappa shape index (κ1) is 16.8. The lowest BCUT2D eigenvalue weighted by Crippen LogP contribution is -2.29. The predicted octanol–water partition coefficient (Wildman–Crippen LogP) is -0.276. The Morgan fingerprint density at radius 2 is 1.71 bits per heavy atom. The summed E-state index contributed by atoms with van der Waals surface area (Å²) in [6.07, 6.45) is 2.80. The van der Waals surface area contributed by atoms with E-state index in [1.807, 2.05) is 7.05 Å². The van der Waals surface area contributed by atoms with Crippen molar-refractivity contribution >= 4 is 0 Å². The normalized spacial score (nSPS) is 14.8. The van der Waals surface area contributed by atoms with Crippen molar-refractivity contribution in [3.8, 4) is 0 Å². The second-order valence-electron chi connectivity index (χ2n) is 4.36. The van der Waals surface area contributed by atoms with Gasteiger partial charge in [0.1, 0.15) is 0 Å². The molecule has 5 nitrogen and oxygen atoms in total. The molecule has 0 aliphatic heterocycles. The average molecular weight is 248 g/mol. The highest BCUT2D eigenvalue weighted by Crippen LogP contribution is 1.97. The zero-order valence-electron chi connectivity index (χ0n) is 11.1. The van der Waals surface area contributed by atoms with Crippen LogP contribution in [0.2, 0.25) is 0 Å². The third kappa shape index (κ3) is 12.1. The van der Waals surface area contributed by atoms with Crippen LogP contribution in [0.15, 0.2) is 0 Å². The first-order valence-corrected chi connectivity index (χ1v) is 6.41. The van der Waals surface area contributed by atoms with E-state index in [1.54, 1.807) is 7.11 Å². The minimum Gasteiger partial charge on any atom is -0.392 e. The molecule has 0 aromatic carbocycles. The van der Waals surface area contributed by atoms with Gasteiger partial charge < -0.3 is 25.6 Å². The van der Waals surface area contributed by atoms with Gasteiger partial charge >= 0.3 is 0 Å². The van der Waals surface area contributed by atoms with E-state index >= 15 is 0 Å². The molecule has 0 bridgehead atoms. The molecule has 0 aromatic rings. The molecule has 0 saturated carbocycles. The van der Waals surface area contributed by atoms with Gasteiger partial charge in [0.05, 0.1) is 18.8 Å². The van der Waals surface area contributed by atoms with Crippen LogP contribution in [0.25, 0.3) is 0 Å². The highest BCUT2D eigenvalue weighted by atomic mass is 16.5. The number of methoxy groups -OCH3 is 1. The summed E-state index contributed by atoms with van der Waals surface area (Å²) in [6.45, 7) is 2.79. The van der Waals surface area contributed by atoms with Crippen LogP contribution in [0.1, 0.15) is 25.7 Å². The third-order valence-corrected chi connectivity index (χ3v) is 2.59. The van der Waals surface area contributed by atoms with Crippen LogP contribution >= 0.6 is 0 Å². The van der Waals surface area contributed by atoms with Gasteiger partial charge in [-0.05, 0) is 45.8 Å². The maximum absolute atomic E-state index is 9.61. The lowest BCUT2D eigenvalue weighted by molar-refractivity contribution is 0.0578. The van der Waals surface area contributed by atoms with E-state index < -0.39 is 0 Å². The summed E-state index contributed by atoms with van der Waals surface area (Å²) >= 11 is 0. The van der Waals surface area contributed by atoms with Crippen molar-refractivity contribution in [2.24, 2.45) is 0 Å². The Bertz CT molecular complexity index is 159. The van der Waals surface area contributed by atoms with Crippen LogP contribution in [0.5, 0.6) is 0 Å². The molecule has 2 atom stereocenters. The fourth-order valence-corrected chi connectivity index (χ4v) is 1.62. The Balaban J connectivity index is 3.21. The van der Waals surface area contributed by atoms with E-state index in [4.69, 9.17) is 4.74 Å². The molecule has 0 aliphatic carbocycles. The smallest absolute Gasteiger partial charge is 0.0774 e. The zero-order valence-corrected chi connectivity index (χ0v) is 11.1. The van der Waals surface area contributed by atoms with Crippen molar-refractivity contribution in [1.29, 1.82) is 0 Å². The molecule has 2 unspecified atom stereocenters. The molecule has 5 heteroatoms. The largest absolute Gasteiger partial charge is 0.392 e. The molecule has 17 heavy (non-hydrogen) atoms. The predicted molar refractivity (Wildman–Crippen MR) is 69.2 cm³/mol. The second-order valence-corrected chi connectivity index (χ2v) is 4.36. The monoisotopic (exact) mass is 248 g/mol. The van der Waals surface area contributed by atoms with Crippen LogP contribution in [-0.2, 0) is 4.74 Å². The van der Waals surface area contributed by atoms with E-state index in [0.29, 0.717) is 13.2 Å². The highest BCUT2D eigenvalue weighted by Gasteiger charge is 2.04. The Morgan fingerprint density at radius 3 is 2.35 bits per heavy atom. The van der Waals surface area contributed by atoms with E-state index in [1.165, 1.54) is 0 Å². The van der Waals surface area contributed by atoms with Gasteiger partial charge in [-0.2, -0.15) is 0 Å². The van der Waals surface area contributed by atoms with Crippen LogP contribution in [-0.4, -0.2) is 62.8 Å². The molecule has 4 N–H and O–H groups in total. The number of hydrogen-bond acceptors (Lipinski definition) is 5. The van der Waals surface area contributed by atoms with Crippen LogP contribution in [0.3, 0.4) is 0 Å². The molecule has 0 aliphatic rings. The fourth-order valence-electron chi connectivity index (χ4n) is 1.62. The van der Waals surface area contributed by atoms with Gasteiger partial charge in [0.15, 0.2) is 0 Å². The summed E-state index contributed by atoms with van der Waals surface area (Å²) in [6, 6.07) is 0. The first-order chi connectivity index (χ1) is 8.20. The second kappa shape index (κ2) is 12.3. The summed E-state index contributed by atoms with van der Waals surface area (Å²) in [5.74, 6) is 0. The lowest BCUT2D eigenvalue weighted by Gasteiger charge is -2.12. The third-order valence-electron chi connectivity index (χ3n) is 2.59. The molecule has 0 saturated heterocycles. The molecular weight excluding hydrogens is 220 g/mol. The summed E-state index contributed by atoms with van der Waals surface area (Å²) in [4.78, 5) is 0. The number of aliphatic hydroxyl groups excluding tert-OH is 2. The number of nitrogens with one attached hydrogen (secondary N) is 2. The highest BCUT2D eigenvalue weighted by molar-refractivity contribution is 4.61. The van der Waals surface area contributed by atoms with Gasteiger partial charge in [-0.1, -0.05) is 0 Å². The quantitative estimate of drug-likeness (QED) is 0.358. The van der Waals surface area contributed by atoms with Crippen molar-refractivity contribution < 1.29 is 14.9 Å². The minimum absolute atomic E-state index is 0.271. The van der Waals surface area contributed by atoms with Gasteiger partial charge in [0.25, 0.3) is 0 Å². The van der Waals surface area contributed by atoms with Crippen molar-refractivity contribution in [2.45, 2.75) is 37.9 Å². The summed E-state index contributed by atoms with van der Waals surface area (Å²) in [7, 11) is 3.50. The Labute approximate surface area is 105 Å². The minimum atomic E-state index is -0.373. The average Bonchev–Trinajstić information content (AvgIpc) is 2.29. The van der Waals surface area contributed by atoms with Gasteiger partial charge in [-0.25, -0.2) is 0 Å². The SMILES string of the molecule is CNCCCC(O)CNCCCC(O)COC. The van der Waals surface area contributed by atoms with Crippen molar-refractivity contribution in [1.82, 2.24) is 10.6 Å².